The Kier molecular flexibility index (Phi) is 7.08. The fourth-order valence-corrected chi connectivity index (χ4v) is 3.19. The molecule has 2 aromatic carbocycles. The number of carboxylic acid groups (broad SMARTS) is 1. The molecule has 0 atom stereocenters. The lowest BCUT2D eigenvalue weighted by Crippen LogP contribution is -2.35. The van der Waals surface area contributed by atoms with Crippen molar-refractivity contribution in [3.8, 4) is 0 Å². The summed E-state index contributed by atoms with van der Waals surface area (Å²) in [5.41, 5.74) is 1.10. The van der Waals surface area contributed by atoms with Gasteiger partial charge in [0.05, 0.1) is 24.8 Å². The maximum absolute atomic E-state index is 10.9. The Hall–Kier alpha value is -1.57. The second-order valence-electron chi connectivity index (χ2n) is 5.14. The third-order valence-electron chi connectivity index (χ3n) is 3.40. The highest BCUT2D eigenvalue weighted by atomic mass is 35.5. The van der Waals surface area contributed by atoms with Crippen LogP contribution in [0.5, 0.6) is 0 Å². The normalized spacial score (nSPS) is 11.2. The predicted molar refractivity (Wildman–Crippen MR) is 94.2 cm³/mol. The topological polar surface area (TPSA) is 81.0 Å². The molecule has 2 rings (SSSR count). The zero-order valence-corrected chi connectivity index (χ0v) is 14.4. The minimum atomic E-state index is -0.975. The molecule has 0 fully saturated rings. The number of aliphatic hydroxyl groups is 2. The number of hydrogen-bond donors (Lipinski definition) is 3. The van der Waals surface area contributed by atoms with Crippen LogP contribution in [0.1, 0.15) is 15.9 Å². The van der Waals surface area contributed by atoms with Crippen molar-refractivity contribution in [1.29, 1.82) is 0 Å². The number of halogens is 1. The maximum atomic E-state index is 10.9. The van der Waals surface area contributed by atoms with Gasteiger partial charge in [-0.25, -0.2) is 9.10 Å². The molecule has 5 nitrogen and oxygen atoms in total. The number of aromatic carboxylic acids is 1. The largest absolute Gasteiger partial charge is 0.478 e. The first kappa shape index (κ1) is 18.8. The molecule has 0 aliphatic carbocycles. The molecule has 0 aliphatic heterocycles. The summed E-state index contributed by atoms with van der Waals surface area (Å²) in [7, 11) is 0. The molecular weight excluding hydrogens is 350 g/mol. The van der Waals surface area contributed by atoms with Crippen LogP contribution in [-0.2, 0) is 6.54 Å². The van der Waals surface area contributed by atoms with Crippen LogP contribution >= 0.6 is 23.5 Å². The molecule has 7 heteroatoms. The van der Waals surface area contributed by atoms with Crippen LogP contribution in [0, 0.1) is 0 Å². The van der Waals surface area contributed by atoms with E-state index in [0.29, 0.717) is 11.6 Å². The summed E-state index contributed by atoms with van der Waals surface area (Å²) in [4.78, 5) is 11.8. The van der Waals surface area contributed by atoms with Crippen molar-refractivity contribution in [2.75, 3.05) is 13.2 Å². The highest BCUT2D eigenvalue weighted by Crippen LogP contribution is 2.28. The third-order valence-corrected chi connectivity index (χ3v) is 4.80. The van der Waals surface area contributed by atoms with Crippen LogP contribution < -0.4 is 0 Å². The summed E-state index contributed by atoms with van der Waals surface area (Å²) in [5, 5.41) is 28.6. The average molecular weight is 368 g/mol. The van der Waals surface area contributed by atoms with Gasteiger partial charge in [0.15, 0.2) is 0 Å². The Balaban J connectivity index is 2.16. The van der Waals surface area contributed by atoms with E-state index in [1.165, 1.54) is 24.1 Å². The van der Waals surface area contributed by atoms with Crippen LogP contribution in [-0.4, -0.2) is 44.8 Å². The van der Waals surface area contributed by atoms with Crippen LogP contribution in [0.25, 0.3) is 0 Å². The molecule has 0 amide bonds. The summed E-state index contributed by atoms with van der Waals surface area (Å²) in [5.74, 6) is -0.975. The molecule has 0 unspecified atom stereocenters. The number of carbonyl (C=O) groups is 1. The van der Waals surface area contributed by atoms with Gasteiger partial charge in [-0.2, -0.15) is 0 Å². The van der Waals surface area contributed by atoms with E-state index in [2.05, 4.69) is 0 Å². The van der Waals surface area contributed by atoms with E-state index >= 15 is 0 Å². The maximum Gasteiger partial charge on any atom is 0.335 e. The lowest BCUT2D eigenvalue weighted by molar-refractivity contribution is 0.0697. The Bertz CT molecular complexity index is 659. The van der Waals surface area contributed by atoms with E-state index in [0.717, 1.165) is 10.5 Å². The molecule has 128 valence electrons. The molecule has 0 aromatic heterocycles. The molecule has 0 heterocycles. The molecule has 0 spiro atoms. The van der Waals surface area contributed by atoms with Gasteiger partial charge in [0.2, 0.25) is 0 Å². The average Bonchev–Trinajstić information content (AvgIpc) is 2.58. The van der Waals surface area contributed by atoms with E-state index in [-0.39, 0.29) is 18.8 Å². The van der Waals surface area contributed by atoms with Gasteiger partial charge in [-0.3, -0.25) is 0 Å². The van der Waals surface area contributed by atoms with Gasteiger partial charge in [0.1, 0.15) is 0 Å². The van der Waals surface area contributed by atoms with Gasteiger partial charge >= 0.3 is 5.97 Å². The van der Waals surface area contributed by atoms with Gasteiger partial charge in [-0.15, -0.1) is 0 Å². The lowest BCUT2D eigenvalue weighted by Gasteiger charge is -2.28. The zero-order chi connectivity index (χ0) is 17.5. The highest BCUT2D eigenvalue weighted by Gasteiger charge is 2.19. The fourth-order valence-electron chi connectivity index (χ4n) is 2.04. The van der Waals surface area contributed by atoms with Crippen molar-refractivity contribution in [2.45, 2.75) is 17.5 Å². The molecule has 24 heavy (non-hydrogen) atoms. The van der Waals surface area contributed by atoms with Gasteiger partial charge in [0, 0.05) is 16.5 Å². The lowest BCUT2D eigenvalue weighted by atomic mass is 10.1. The first-order chi connectivity index (χ1) is 11.5. The standard InChI is InChI=1S/C17H18ClNO4S/c18-14-5-7-16(8-6-14)24-19(15(10-20)11-21)9-12-1-3-13(4-2-12)17(22)23/h1-8,15,20-21H,9-11H2,(H,22,23). The quantitative estimate of drug-likeness (QED) is 0.622. The highest BCUT2D eigenvalue weighted by molar-refractivity contribution is 7.97. The van der Waals surface area contributed by atoms with Crippen LogP contribution in [0.2, 0.25) is 5.02 Å². The SMILES string of the molecule is O=C(O)c1ccc(CN(Sc2ccc(Cl)cc2)C(CO)CO)cc1. The van der Waals surface area contributed by atoms with Crippen LogP contribution in [0.4, 0.5) is 0 Å². The Morgan fingerprint density at radius 2 is 1.62 bits per heavy atom. The molecule has 2 aromatic rings. The number of aliphatic hydroxyl groups excluding tert-OH is 2. The van der Waals surface area contributed by atoms with Crippen molar-refractivity contribution < 1.29 is 20.1 Å². The Morgan fingerprint density at radius 1 is 1.04 bits per heavy atom. The van der Waals surface area contributed by atoms with Crippen molar-refractivity contribution in [3.05, 3.63) is 64.7 Å². The third kappa shape index (κ3) is 5.22. The summed E-state index contributed by atoms with van der Waals surface area (Å²) >= 11 is 7.28. The summed E-state index contributed by atoms with van der Waals surface area (Å²) in [6.07, 6.45) is 0. The monoisotopic (exact) mass is 367 g/mol. The second-order valence-corrected chi connectivity index (χ2v) is 6.70. The molecule has 0 saturated heterocycles. The summed E-state index contributed by atoms with van der Waals surface area (Å²) < 4.78 is 1.86. The summed E-state index contributed by atoms with van der Waals surface area (Å²) in [6, 6.07) is 13.4. The van der Waals surface area contributed by atoms with E-state index in [1.807, 2.05) is 16.4 Å². The second kappa shape index (κ2) is 9.05. The van der Waals surface area contributed by atoms with Crippen molar-refractivity contribution in [3.63, 3.8) is 0 Å². The number of benzene rings is 2. The number of carboxylic acids is 1. The van der Waals surface area contributed by atoms with Gasteiger partial charge in [0.25, 0.3) is 0 Å². The van der Waals surface area contributed by atoms with Crippen molar-refractivity contribution >= 4 is 29.5 Å². The minimum Gasteiger partial charge on any atom is -0.478 e. The van der Waals surface area contributed by atoms with Gasteiger partial charge < -0.3 is 15.3 Å². The number of nitrogens with zero attached hydrogens (tertiary/aromatic N) is 1. The molecule has 3 N–H and O–H groups in total. The van der Waals surface area contributed by atoms with Gasteiger partial charge in [-0.1, -0.05) is 23.7 Å². The van der Waals surface area contributed by atoms with E-state index in [4.69, 9.17) is 16.7 Å². The molecule has 0 radical (unpaired) electrons. The summed E-state index contributed by atoms with van der Waals surface area (Å²) in [6.45, 7) is 0.0631. The number of hydrogen-bond acceptors (Lipinski definition) is 5. The first-order valence-electron chi connectivity index (χ1n) is 7.27. The Labute approximate surface area is 149 Å². The van der Waals surface area contributed by atoms with Gasteiger partial charge in [-0.05, 0) is 53.9 Å². The van der Waals surface area contributed by atoms with E-state index < -0.39 is 12.0 Å². The van der Waals surface area contributed by atoms with E-state index in [1.54, 1.807) is 24.3 Å². The predicted octanol–water partition coefficient (Wildman–Crippen LogP) is 2.90. The van der Waals surface area contributed by atoms with Crippen LogP contribution in [0.3, 0.4) is 0 Å². The Morgan fingerprint density at radius 3 is 2.12 bits per heavy atom. The molecule has 0 bridgehead atoms. The minimum absolute atomic E-state index is 0.190. The fraction of sp³-hybridized carbons (Fsp3) is 0.235. The van der Waals surface area contributed by atoms with Crippen LogP contribution in [0.15, 0.2) is 53.4 Å². The zero-order valence-electron chi connectivity index (χ0n) is 12.8. The van der Waals surface area contributed by atoms with Crippen molar-refractivity contribution in [2.24, 2.45) is 0 Å². The first-order valence-corrected chi connectivity index (χ1v) is 8.42. The number of rotatable bonds is 8. The molecule has 0 saturated carbocycles. The van der Waals surface area contributed by atoms with E-state index in [9.17, 15) is 15.0 Å². The van der Waals surface area contributed by atoms with Crippen molar-refractivity contribution in [1.82, 2.24) is 4.31 Å². The smallest absolute Gasteiger partial charge is 0.335 e. The molecule has 0 aliphatic rings. The molecular formula is C17H18ClNO4S.